The highest BCUT2D eigenvalue weighted by Gasteiger charge is 2.21. The highest BCUT2D eigenvalue weighted by Crippen LogP contribution is 2.47. The molecule has 0 saturated carbocycles. The number of benzene rings is 4. The zero-order chi connectivity index (χ0) is 44.9. The second kappa shape index (κ2) is 31.4. The zero-order valence-electron chi connectivity index (χ0n) is 40.4. The molecule has 8 heteroatoms. The highest BCUT2D eigenvalue weighted by molar-refractivity contribution is 8.13. The van der Waals surface area contributed by atoms with E-state index in [1.54, 1.807) is 6.92 Å². The summed E-state index contributed by atoms with van der Waals surface area (Å²) in [6.07, 6.45) is 25.6. The fourth-order valence-electron chi connectivity index (χ4n) is 8.03. The van der Waals surface area contributed by atoms with Gasteiger partial charge in [0.2, 0.25) is 0 Å². The third kappa shape index (κ3) is 18.1. The maximum Gasteiger partial charge on any atom is 0.185 e. The number of hydrogen-bond acceptors (Lipinski definition) is 8. The summed E-state index contributed by atoms with van der Waals surface area (Å²) in [5.41, 5.74) is 0. The summed E-state index contributed by atoms with van der Waals surface area (Å²) in [6.45, 7) is 16.7. The lowest BCUT2D eigenvalue weighted by Gasteiger charge is -2.21. The average Bonchev–Trinajstić information content (AvgIpc) is 3.28. The lowest BCUT2D eigenvalue weighted by Crippen LogP contribution is -2.05. The van der Waals surface area contributed by atoms with Gasteiger partial charge in [-0.2, -0.15) is 0 Å². The molecule has 0 N–H and O–H groups in total. The predicted molar refractivity (Wildman–Crippen MR) is 270 cm³/mol. The van der Waals surface area contributed by atoms with Crippen LogP contribution in [0.4, 0.5) is 0 Å². The smallest absolute Gasteiger partial charge is 0.185 e. The highest BCUT2D eigenvalue weighted by atomic mass is 32.2. The van der Waals surface area contributed by atoms with Crippen LogP contribution in [0.3, 0.4) is 0 Å². The fourth-order valence-corrected chi connectivity index (χ4v) is 8.66. The van der Waals surface area contributed by atoms with Crippen LogP contribution in [0.1, 0.15) is 189 Å². The van der Waals surface area contributed by atoms with E-state index in [9.17, 15) is 4.79 Å². The number of rotatable bonds is 37. The molecule has 7 nitrogen and oxygen atoms in total. The predicted octanol–water partition coefficient (Wildman–Crippen LogP) is 16.8. The Morgan fingerprint density at radius 1 is 0.333 bits per heavy atom. The van der Waals surface area contributed by atoms with Gasteiger partial charge < -0.3 is 28.4 Å². The molecule has 0 aliphatic rings. The van der Waals surface area contributed by atoms with Gasteiger partial charge >= 0.3 is 0 Å². The Bertz CT molecular complexity index is 1840. The van der Waals surface area contributed by atoms with E-state index in [-0.39, 0.29) is 5.12 Å². The third-order valence-corrected chi connectivity index (χ3v) is 12.7. The Kier molecular flexibility index (Phi) is 25.9. The summed E-state index contributed by atoms with van der Waals surface area (Å²) < 4.78 is 39.9. The average molecular weight is 889 g/mol. The van der Waals surface area contributed by atoms with Crippen molar-refractivity contribution in [3.8, 4) is 34.5 Å². The maximum atomic E-state index is 11.5. The van der Waals surface area contributed by atoms with Gasteiger partial charge in [-0.25, -0.2) is 0 Å². The molecule has 4 aromatic rings. The molecule has 0 aliphatic carbocycles. The largest absolute Gasteiger partial charge is 0.490 e. The number of carbonyl (C=O) groups excluding carboxylic acids is 1. The van der Waals surface area contributed by atoms with Crippen molar-refractivity contribution in [3.05, 3.63) is 36.4 Å². The van der Waals surface area contributed by atoms with E-state index in [1.807, 2.05) is 0 Å². The van der Waals surface area contributed by atoms with Crippen molar-refractivity contribution in [2.24, 2.45) is 0 Å². The van der Waals surface area contributed by atoms with E-state index in [0.717, 1.165) is 156 Å². The Labute approximate surface area is 386 Å². The number of thioether (sulfide) groups is 1. The molecule has 0 amide bonds. The molecule has 4 rings (SSSR count). The van der Waals surface area contributed by atoms with E-state index in [4.69, 9.17) is 28.4 Å². The first kappa shape index (κ1) is 52.1. The number of unbranched alkanes of at least 4 members (excludes halogenated alkanes) is 17. The van der Waals surface area contributed by atoms with Crippen LogP contribution >= 0.6 is 11.8 Å². The van der Waals surface area contributed by atoms with E-state index >= 15 is 0 Å². The molecule has 0 unspecified atom stereocenters. The lowest BCUT2D eigenvalue weighted by atomic mass is 9.93. The summed E-state index contributed by atoms with van der Waals surface area (Å²) in [7, 11) is 0. The van der Waals surface area contributed by atoms with Crippen LogP contribution < -0.4 is 28.4 Å². The van der Waals surface area contributed by atoms with Gasteiger partial charge in [0.25, 0.3) is 0 Å². The van der Waals surface area contributed by atoms with Gasteiger partial charge in [-0.1, -0.05) is 143 Å². The van der Waals surface area contributed by atoms with Crippen LogP contribution in [0.2, 0.25) is 0 Å². The van der Waals surface area contributed by atoms with Crippen molar-refractivity contribution < 1.29 is 33.2 Å². The minimum Gasteiger partial charge on any atom is -0.490 e. The fraction of sp³-hybridized carbons (Fsp3) is 0.655. The molecule has 0 saturated heterocycles. The number of hydrogen-bond donors (Lipinski definition) is 0. The summed E-state index contributed by atoms with van der Waals surface area (Å²) in [4.78, 5) is 11.5. The Balaban J connectivity index is 1.92. The van der Waals surface area contributed by atoms with Crippen LogP contribution in [0.15, 0.2) is 36.4 Å². The second-order valence-corrected chi connectivity index (χ2v) is 18.6. The Morgan fingerprint density at radius 3 is 0.730 bits per heavy atom. The number of ether oxygens (including phenoxy) is 6. The van der Waals surface area contributed by atoms with Crippen molar-refractivity contribution in [1.82, 2.24) is 0 Å². The maximum absolute atomic E-state index is 11.5. The molecule has 4 aromatic carbocycles. The minimum atomic E-state index is 0.176. The molecular formula is C55H84O7S. The van der Waals surface area contributed by atoms with E-state index in [1.165, 1.54) is 76.0 Å². The molecule has 0 aromatic heterocycles. The summed E-state index contributed by atoms with van der Waals surface area (Å²) in [5, 5.41) is 6.70. The van der Waals surface area contributed by atoms with E-state index < -0.39 is 0 Å². The first-order valence-electron chi connectivity index (χ1n) is 25.4. The quantitative estimate of drug-likeness (QED) is 0.0328. The molecule has 0 bridgehead atoms. The van der Waals surface area contributed by atoms with Gasteiger partial charge in [-0.3, -0.25) is 4.79 Å². The standard InChI is InChI=1S/C55H84O7S/c1-7-12-17-23-30-57-50-37-44-45-38-51(58-31-24-18-13-8-2)53(60-33-26-20-15-10-4)40-47(45)49-42-55(62-35-28-22-29-36-63-43(6)56)54(61-34-27-21-16-11-5)41-48(49)46(44)39-52(50)59-32-25-19-14-9-3/h37-42H,7-36H2,1-6H3. The molecule has 0 radical (unpaired) electrons. The summed E-state index contributed by atoms with van der Waals surface area (Å²) >= 11 is 1.40. The minimum absolute atomic E-state index is 0.176. The number of carbonyl (C=O) groups is 1. The molecular weight excluding hydrogens is 805 g/mol. The van der Waals surface area contributed by atoms with Crippen LogP contribution in [0.25, 0.3) is 32.3 Å². The second-order valence-electron chi connectivity index (χ2n) is 17.3. The van der Waals surface area contributed by atoms with Crippen molar-refractivity contribution in [2.75, 3.05) is 45.4 Å². The topological polar surface area (TPSA) is 72.5 Å². The van der Waals surface area contributed by atoms with Gasteiger partial charge in [0, 0.05) is 12.7 Å². The van der Waals surface area contributed by atoms with Gasteiger partial charge in [-0.15, -0.1) is 0 Å². The van der Waals surface area contributed by atoms with Crippen LogP contribution in [0.5, 0.6) is 34.5 Å². The first-order valence-corrected chi connectivity index (χ1v) is 26.4. The summed E-state index contributed by atoms with van der Waals surface area (Å²) in [6, 6.07) is 13.3. The molecule has 0 fully saturated rings. The van der Waals surface area contributed by atoms with Crippen LogP contribution in [-0.4, -0.2) is 50.5 Å². The van der Waals surface area contributed by atoms with Gasteiger partial charge in [0.15, 0.2) is 39.6 Å². The lowest BCUT2D eigenvalue weighted by molar-refractivity contribution is -0.109. The SMILES string of the molecule is CCCCCCOc1cc2c3cc(OCCCCCC)c(OCCCCCC)cc3c3cc(OCCCCCSC(C)=O)c(OCCCCCC)cc3c2cc1OCCCCCC. The van der Waals surface area contributed by atoms with Crippen LogP contribution in [0, 0.1) is 0 Å². The third-order valence-electron chi connectivity index (χ3n) is 11.8. The zero-order valence-corrected chi connectivity index (χ0v) is 41.3. The van der Waals surface area contributed by atoms with Gasteiger partial charge in [0.05, 0.1) is 39.6 Å². The Morgan fingerprint density at radius 2 is 0.540 bits per heavy atom. The number of fused-ring (bicyclic) bond motifs is 6. The van der Waals surface area contributed by atoms with Crippen molar-refractivity contribution in [2.45, 2.75) is 189 Å². The molecule has 63 heavy (non-hydrogen) atoms. The van der Waals surface area contributed by atoms with Crippen molar-refractivity contribution >= 4 is 49.2 Å². The first-order chi connectivity index (χ1) is 30.9. The van der Waals surface area contributed by atoms with Crippen LogP contribution in [-0.2, 0) is 4.79 Å². The Hall–Kier alpha value is -3.52. The van der Waals surface area contributed by atoms with Gasteiger partial charge in [0.1, 0.15) is 0 Å². The van der Waals surface area contributed by atoms with Gasteiger partial charge in [-0.05, 0) is 120 Å². The monoisotopic (exact) mass is 889 g/mol. The van der Waals surface area contributed by atoms with Crippen molar-refractivity contribution in [3.63, 3.8) is 0 Å². The normalized spacial score (nSPS) is 11.5. The van der Waals surface area contributed by atoms with E-state index in [2.05, 4.69) is 71.0 Å². The molecule has 0 heterocycles. The molecule has 0 atom stereocenters. The summed E-state index contributed by atoms with van der Waals surface area (Å²) in [5.74, 6) is 5.54. The van der Waals surface area contributed by atoms with Crippen molar-refractivity contribution in [1.29, 1.82) is 0 Å². The van der Waals surface area contributed by atoms with E-state index in [0.29, 0.717) is 39.6 Å². The molecule has 0 aliphatic heterocycles. The molecule has 0 spiro atoms. The molecule has 352 valence electrons.